The van der Waals surface area contributed by atoms with Gasteiger partial charge in [0, 0.05) is 13.0 Å². The first-order chi connectivity index (χ1) is 8.00. The number of carbonyl (C=O) groups is 1. The van der Waals surface area contributed by atoms with Gasteiger partial charge >= 0.3 is 5.97 Å². The van der Waals surface area contributed by atoms with E-state index >= 15 is 0 Å². The molecule has 2 aromatic rings. The number of nitrogens with zero attached hydrogens (tertiary/aromatic N) is 2. The van der Waals surface area contributed by atoms with E-state index in [1.165, 1.54) is 0 Å². The highest BCUT2D eigenvalue weighted by Gasteiger charge is 2.14. The van der Waals surface area contributed by atoms with Crippen LogP contribution in [0.2, 0.25) is 0 Å². The van der Waals surface area contributed by atoms with Gasteiger partial charge in [-0.05, 0) is 11.6 Å². The Kier molecular flexibility index (Phi) is 2.88. The lowest BCUT2D eigenvalue weighted by atomic mass is 10.1. The average molecular weight is 232 g/mol. The van der Waals surface area contributed by atoms with Gasteiger partial charge < -0.3 is 9.67 Å². The lowest BCUT2D eigenvalue weighted by Crippen LogP contribution is -2.04. The molecule has 2 rings (SSSR count). The number of aliphatic carboxylic acids is 1. The fraction of sp³-hybridized carbons (Fsp3) is 0.385. The van der Waals surface area contributed by atoms with Crippen LogP contribution in [0.25, 0.3) is 11.0 Å². The number of imidazole rings is 1. The van der Waals surface area contributed by atoms with Crippen molar-refractivity contribution in [1.29, 1.82) is 0 Å². The molecule has 4 nitrogen and oxygen atoms in total. The van der Waals surface area contributed by atoms with Gasteiger partial charge in [-0.1, -0.05) is 26.0 Å². The SMILES string of the molecule is CC(C)c1nc2cccc(CC(=O)O)c2n1C. The van der Waals surface area contributed by atoms with E-state index in [2.05, 4.69) is 18.8 Å². The molecular weight excluding hydrogens is 216 g/mol. The summed E-state index contributed by atoms with van der Waals surface area (Å²) in [5.74, 6) is 0.493. The molecule has 0 aliphatic heterocycles. The number of benzene rings is 1. The number of aromatic nitrogens is 2. The van der Waals surface area contributed by atoms with E-state index in [1.54, 1.807) is 0 Å². The predicted molar refractivity (Wildman–Crippen MR) is 66.1 cm³/mol. The minimum Gasteiger partial charge on any atom is -0.481 e. The fourth-order valence-electron chi connectivity index (χ4n) is 2.19. The van der Waals surface area contributed by atoms with Crippen molar-refractivity contribution >= 4 is 17.0 Å². The molecule has 17 heavy (non-hydrogen) atoms. The number of hydrogen-bond donors (Lipinski definition) is 1. The summed E-state index contributed by atoms with van der Waals surface area (Å²) in [6, 6.07) is 5.63. The molecule has 0 saturated carbocycles. The number of fused-ring (bicyclic) bond motifs is 1. The average Bonchev–Trinajstić information content (AvgIpc) is 2.56. The molecule has 0 saturated heterocycles. The first-order valence-electron chi connectivity index (χ1n) is 5.66. The molecule has 4 heteroatoms. The second-order valence-corrected chi connectivity index (χ2v) is 4.54. The van der Waals surface area contributed by atoms with E-state index in [0.717, 1.165) is 22.4 Å². The highest BCUT2D eigenvalue weighted by Crippen LogP contribution is 2.23. The molecule has 0 atom stereocenters. The second kappa shape index (κ2) is 4.20. The summed E-state index contributed by atoms with van der Waals surface area (Å²) in [6.45, 7) is 4.16. The Morgan fingerprint density at radius 2 is 2.18 bits per heavy atom. The van der Waals surface area contributed by atoms with Crippen molar-refractivity contribution in [3.63, 3.8) is 0 Å². The molecule has 1 aromatic heterocycles. The van der Waals surface area contributed by atoms with Gasteiger partial charge in [-0.25, -0.2) is 4.98 Å². The van der Waals surface area contributed by atoms with E-state index in [0.29, 0.717) is 5.92 Å². The molecule has 90 valence electrons. The minimum atomic E-state index is -0.815. The summed E-state index contributed by atoms with van der Waals surface area (Å²) >= 11 is 0. The lowest BCUT2D eigenvalue weighted by Gasteiger charge is -2.06. The van der Waals surface area contributed by atoms with Crippen molar-refractivity contribution in [1.82, 2.24) is 9.55 Å². The zero-order valence-corrected chi connectivity index (χ0v) is 10.3. The Hall–Kier alpha value is -1.84. The number of rotatable bonds is 3. The minimum absolute atomic E-state index is 0.0361. The maximum Gasteiger partial charge on any atom is 0.307 e. The van der Waals surface area contributed by atoms with E-state index in [4.69, 9.17) is 5.11 Å². The van der Waals surface area contributed by atoms with Crippen LogP contribution in [-0.4, -0.2) is 20.6 Å². The van der Waals surface area contributed by atoms with Gasteiger partial charge in [-0.3, -0.25) is 4.79 Å². The Morgan fingerprint density at radius 3 is 2.76 bits per heavy atom. The smallest absolute Gasteiger partial charge is 0.307 e. The van der Waals surface area contributed by atoms with E-state index in [9.17, 15) is 4.79 Å². The Balaban J connectivity index is 2.66. The maximum absolute atomic E-state index is 10.8. The summed E-state index contributed by atoms with van der Waals surface area (Å²) in [4.78, 5) is 15.4. The molecule has 1 N–H and O–H groups in total. The zero-order valence-electron chi connectivity index (χ0n) is 10.3. The predicted octanol–water partition coefficient (Wildman–Crippen LogP) is 2.32. The van der Waals surface area contributed by atoms with Crippen LogP contribution in [0.3, 0.4) is 0 Å². The third kappa shape index (κ3) is 2.02. The van der Waals surface area contributed by atoms with Crippen LogP contribution >= 0.6 is 0 Å². The number of aryl methyl sites for hydroxylation is 1. The molecule has 0 fully saturated rings. The molecule has 1 aromatic carbocycles. The summed E-state index contributed by atoms with van der Waals surface area (Å²) in [5.41, 5.74) is 2.62. The largest absolute Gasteiger partial charge is 0.481 e. The summed E-state index contributed by atoms with van der Waals surface area (Å²) in [6.07, 6.45) is 0.0361. The van der Waals surface area contributed by atoms with Crippen LogP contribution in [-0.2, 0) is 18.3 Å². The Morgan fingerprint density at radius 1 is 1.47 bits per heavy atom. The summed E-state index contributed by atoms with van der Waals surface area (Å²) < 4.78 is 2.00. The molecule has 0 spiro atoms. The molecule has 0 aliphatic rings. The van der Waals surface area contributed by atoms with Crippen molar-refractivity contribution in [3.05, 3.63) is 29.6 Å². The fourth-order valence-corrected chi connectivity index (χ4v) is 2.19. The molecule has 0 unspecified atom stereocenters. The number of carboxylic acids is 1. The van der Waals surface area contributed by atoms with Crippen LogP contribution < -0.4 is 0 Å². The van der Waals surface area contributed by atoms with Crippen LogP contribution in [0.1, 0.15) is 31.2 Å². The molecule has 1 heterocycles. The normalized spacial score (nSPS) is 11.3. The quantitative estimate of drug-likeness (QED) is 0.883. The monoisotopic (exact) mass is 232 g/mol. The first-order valence-corrected chi connectivity index (χ1v) is 5.66. The Bertz CT molecular complexity index is 570. The van der Waals surface area contributed by atoms with E-state index < -0.39 is 5.97 Å². The Labute approximate surface area is 99.9 Å². The van der Waals surface area contributed by atoms with Gasteiger partial charge in [0.25, 0.3) is 0 Å². The maximum atomic E-state index is 10.8. The highest BCUT2D eigenvalue weighted by molar-refractivity contribution is 5.84. The van der Waals surface area contributed by atoms with Crippen molar-refractivity contribution in [3.8, 4) is 0 Å². The first kappa shape index (κ1) is 11.6. The van der Waals surface area contributed by atoms with Crippen molar-refractivity contribution in [2.75, 3.05) is 0 Å². The van der Waals surface area contributed by atoms with Crippen molar-refractivity contribution < 1.29 is 9.90 Å². The molecular formula is C13H16N2O2. The summed E-state index contributed by atoms with van der Waals surface area (Å²) in [7, 11) is 1.94. The van der Waals surface area contributed by atoms with E-state index in [1.807, 2.05) is 29.8 Å². The lowest BCUT2D eigenvalue weighted by molar-refractivity contribution is -0.136. The van der Waals surface area contributed by atoms with Crippen molar-refractivity contribution in [2.24, 2.45) is 7.05 Å². The van der Waals surface area contributed by atoms with Gasteiger partial charge in [-0.15, -0.1) is 0 Å². The third-order valence-electron chi connectivity index (χ3n) is 2.87. The van der Waals surface area contributed by atoms with E-state index in [-0.39, 0.29) is 6.42 Å². The van der Waals surface area contributed by atoms with Crippen LogP contribution in [0.15, 0.2) is 18.2 Å². The van der Waals surface area contributed by atoms with Crippen LogP contribution in [0.4, 0.5) is 0 Å². The molecule has 0 amide bonds. The highest BCUT2D eigenvalue weighted by atomic mass is 16.4. The summed E-state index contributed by atoms with van der Waals surface area (Å²) in [5, 5.41) is 8.90. The number of para-hydroxylation sites is 1. The second-order valence-electron chi connectivity index (χ2n) is 4.54. The number of hydrogen-bond acceptors (Lipinski definition) is 2. The molecule has 0 radical (unpaired) electrons. The van der Waals surface area contributed by atoms with Crippen molar-refractivity contribution in [2.45, 2.75) is 26.2 Å². The topological polar surface area (TPSA) is 55.1 Å². The van der Waals surface area contributed by atoms with Gasteiger partial charge in [0.2, 0.25) is 0 Å². The van der Waals surface area contributed by atoms with Gasteiger partial charge in [0.1, 0.15) is 5.82 Å². The molecule has 0 aliphatic carbocycles. The van der Waals surface area contributed by atoms with Crippen LogP contribution in [0.5, 0.6) is 0 Å². The van der Waals surface area contributed by atoms with Crippen LogP contribution in [0, 0.1) is 0 Å². The van der Waals surface area contributed by atoms with Gasteiger partial charge in [-0.2, -0.15) is 0 Å². The third-order valence-corrected chi connectivity index (χ3v) is 2.87. The standard InChI is InChI=1S/C13H16N2O2/c1-8(2)13-14-10-6-4-5-9(7-11(16)17)12(10)15(13)3/h4-6,8H,7H2,1-3H3,(H,16,17). The zero-order chi connectivity index (χ0) is 12.6. The number of carboxylic acid groups (broad SMARTS) is 1. The van der Waals surface area contributed by atoms with Gasteiger partial charge in [0.05, 0.1) is 17.5 Å². The van der Waals surface area contributed by atoms with Gasteiger partial charge in [0.15, 0.2) is 0 Å². The molecule has 0 bridgehead atoms.